The molecule has 0 aromatic heterocycles. The molecule has 0 unspecified atom stereocenters. The van der Waals surface area contributed by atoms with Gasteiger partial charge in [0.1, 0.15) is 0 Å². The van der Waals surface area contributed by atoms with Crippen molar-refractivity contribution >= 4 is 17.6 Å². The molecule has 4 heteroatoms. The molecule has 0 bridgehead atoms. The lowest BCUT2D eigenvalue weighted by molar-refractivity contribution is -0.152. The molecule has 21 heavy (non-hydrogen) atoms. The number of carbonyl (C=O) groups excluding carboxylic acids is 2. The Hall–Kier alpha value is -1.84. The molecule has 0 radical (unpaired) electrons. The van der Waals surface area contributed by atoms with E-state index in [2.05, 4.69) is 5.32 Å². The maximum atomic E-state index is 11.9. The van der Waals surface area contributed by atoms with Crippen LogP contribution in [-0.4, -0.2) is 18.5 Å². The van der Waals surface area contributed by atoms with Gasteiger partial charge in [0.25, 0.3) is 5.91 Å². The van der Waals surface area contributed by atoms with Crippen molar-refractivity contribution in [3.63, 3.8) is 0 Å². The number of amides is 1. The number of ether oxygens (including phenoxy) is 1. The lowest BCUT2D eigenvalue weighted by atomic mass is 9.89. The summed E-state index contributed by atoms with van der Waals surface area (Å²) in [5.41, 5.74) is 1.86. The van der Waals surface area contributed by atoms with Gasteiger partial charge in [0.2, 0.25) is 0 Å². The predicted molar refractivity (Wildman–Crippen MR) is 82.0 cm³/mol. The molecule has 1 amide bonds. The highest BCUT2D eigenvalue weighted by Crippen LogP contribution is 2.24. The van der Waals surface area contributed by atoms with Gasteiger partial charge in [0, 0.05) is 5.69 Å². The number of anilines is 1. The SMILES string of the molecule is CCc1ccccc1NC(=O)COC(=O)C1CCCCC1. The van der Waals surface area contributed by atoms with E-state index in [1.807, 2.05) is 31.2 Å². The molecule has 1 aromatic carbocycles. The normalized spacial score (nSPS) is 15.5. The lowest BCUT2D eigenvalue weighted by Crippen LogP contribution is -2.26. The van der Waals surface area contributed by atoms with Crippen molar-refractivity contribution in [2.24, 2.45) is 5.92 Å². The molecule has 1 N–H and O–H groups in total. The van der Waals surface area contributed by atoms with Gasteiger partial charge in [0.15, 0.2) is 6.61 Å². The summed E-state index contributed by atoms with van der Waals surface area (Å²) < 4.78 is 5.14. The fraction of sp³-hybridized carbons (Fsp3) is 0.529. The second kappa shape index (κ2) is 7.81. The predicted octanol–water partition coefficient (Wildman–Crippen LogP) is 3.31. The summed E-state index contributed by atoms with van der Waals surface area (Å²) >= 11 is 0. The molecule has 1 aliphatic rings. The first-order valence-corrected chi connectivity index (χ1v) is 7.75. The van der Waals surface area contributed by atoms with Crippen LogP contribution in [0.1, 0.15) is 44.6 Å². The van der Waals surface area contributed by atoms with Crippen molar-refractivity contribution < 1.29 is 14.3 Å². The number of aryl methyl sites for hydroxylation is 1. The van der Waals surface area contributed by atoms with Crippen molar-refractivity contribution in [1.29, 1.82) is 0 Å². The van der Waals surface area contributed by atoms with Crippen LogP contribution in [0.15, 0.2) is 24.3 Å². The largest absolute Gasteiger partial charge is 0.455 e. The smallest absolute Gasteiger partial charge is 0.309 e. The number of hydrogen-bond acceptors (Lipinski definition) is 3. The lowest BCUT2D eigenvalue weighted by Gasteiger charge is -2.19. The van der Waals surface area contributed by atoms with Crippen LogP contribution in [0.25, 0.3) is 0 Å². The zero-order valence-electron chi connectivity index (χ0n) is 12.6. The fourth-order valence-corrected chi connectivity index (χ4v) is 2.73. The molecule has 0 aliphatic heterocycles. The van der Waals surface area contributed by atoms with Crippen LogP contribution in [0, 0.1) is 5.92 Å². The summed E-state index contributed by atoms with van der Waals surface area (Å²) in [6.45, 7) is 1.83. The summed E-state index contributed by atoms with van der Waals surface area (Å²) in [5, 5.41) is 2.80. The van der Waals surface area contributed by atoms with E-state index in [9.17, 15) is 9.59 Å². The second-order valence-corrected chi connectivity index (χ2v) is 5.50. The quantitative estimate of drug-likeness (QED) is 0.846. The monoisotopic (exact) mass is 289 g/mol. The second-order valence-electron chi connectivity index (χ2n) is 5.50. The van der Waals surface area contributed by atoms with E-state index in [-0.39, 0.29) is 24.4 Å². The Labute approximate surface area is 125 Å². The average Bonchev–Trinajstić information content (AvgIpc) is 2.54. The molecule has 1 aliphatic carbocycles. The molecule has 0 atom stereocenters. The van der Waals surface area contributed by atoms with E-state index in [4.69, 9.17) is 4.74 Å². The highest BCUT2D eigenvalue weighted by molar-refractivity contribution is 5.93. The highest BCUT2D eigenvalue weighted by atomic mass is 16.5. The summed E-state index contributed by atoms with van der Waals surface area (Å²) in [4.78, 5) is 23.8. The molecule has 1 saturated carbocycles. The molecule has 0 heterocycles. The Balaban J connectivity index is 1.80. The number of para-hydroxylation sites is 1. The molecule has 0 spiro atoms. The zero-order valence-corrected chi connectivity index (χ0v) is 12.6. The number of rotatable bonds is 5. The van der Waals surface area contributed by atoms with E-state index < -0.39 is 0 Å². The number of carbonyl (C=O) groups is 2. The first-order chi connectivity index (χ1) is 10.2. The van der Waals surface area contributed by atoms with Gasteiger partial charge in [0.05, 0.1) is 5.92 Å². The first-order valence-electron chi connectivity index (χ1n) is 7.75. The Morgan fingerprint density at radius 1 is 1.19 bits per heavy atom. The van der Waals surface area contributed by atoms with Gasteiger partial charge in [-0.3, -0.25) is 9.59 Å². The van der Waals surface area contributed by atoms with Gasteiger partial charge in [-0.25, -0.2) is 0 Å². The summed E-state index contributed by atoms with van der Waals surface area (Å²) in [5.74, 6) is -0.525. The van der Waals surface area contributed by atoms with Crippen LogP contribution in [-0.2, 0) is 20.7 Å². The van der Waals surface area contributed by atoms with Crippen LogP contribution >= 0.6 is 0 Å². The fourth-order valence-electron chi connectivity index (χ4n) is 2.73. The van der Waals surface area contributed by atoms with Crippen LogP contribution in [0.5, 0.6) is 0 Å². The molecule has 4 nitrogen and oxygen atoms in total. The van der Waals surface area contributed by atoms with Crippen molar-refractivity contribution in [1.82, 2.24) is 0 Å². The van der Waals surface area contributed by atoms with E-state index in [1.165, 1.54) is 6.42 Å². The van der Waals surface area contributed by atoms with Crippen LogP contribution in [0.3, 0.4) is 0 Å². The molecule has 2 rings (SSSR count). The van der Waals surface area contributed by atoms with Crippen molar-refractivity contribution in [3.8, 4) is 0 Å². The highest BCUT2D eigenvalue weighted by Gasteiger charge is 2.23. The minimum absolute atomic E-state index is 0.0190. The maximum Gasteiger partial charge on any atom is 0.309 e. The summed E-state index contributed by atoms with van der Waals surface area (Å²) in [6.07, 6.45) is 5.97. The van der Waals surface area contributed by atoms with Gasteiger partial charge >= 0.3 is 5.97 Å². The Morgan fingerprint density at radius 2 is 1.90 bits per heavy atom. The third-order valence-electron chi connectivity index (χ3n) is 3.96. The summed E-state index contributed by atoms with van der Waals surface area (Å²) in [6, 6.07) is 7.66. The molecule has 1 aromatic rings. The van der Waals surface area contributed by atoms with E-state index >= 15 is 0 Å². The van der Waals surface area contributed by atoms with Crippen LogP contribution < -0.4 is 5.32 Å². The Morgan fingerprint density at radius 3 is 2.62 bits per heavy atom. The third-order valence-corrected chi connectivity index (χ3v) is 3.96. The van der Waals surface area contributed by atoms with Crippen LogP contribution in [0.4, 0.5) is 5.69 Å². The number of nitrogens with one attached hydrogen (secondary N) is 1. The van der Waals surface area contributed by atoms with Crippen molar-refractivity contribution in [3.05, 3.63) is 29.8 Å². The maximum absolute atomic E-state index is 11.9. The average molecular weight is 289 g/mol. The zero-order chi connectivity index (χ0) is 15.1. The van der Waals surface area contributed by atoms with Crippen LogP contribution in [0.2, 0.25) is 0 Å². The molecular weight excluding hydrogens is 266 g/mol. The summed E-state index contributed by atoms with van der Waals surface area (Å²) in [7, 11) is 0. The number of esters is 1. The minimum Gasteiger partial charge on any atom is -0.455 e. The van der Waals surface area contributed by atoms with Gasteiger partial charge < -0.3 is 10.1 Å². The minimum atomic E-state index is -0.278. The van der Waals surface area contributed by atoms with E-state index in [0.29, 0.717) is 0 Å². The first kappa shape index (κ1) is 15.5. The molecule has 1 fully saturated rings. The van der Waals surface area contributed by atoms with Gasteiger partial charge in [-0.05, 0) is 30.9 Å². The third kappa shape index (κ3) is 4.59. The standard InChI is InChI=1S/C17H23NO3/c1-2-13-8-6-7-11-15(13)18-16(19)12-21-17(20)14-9-4-3-5-10-14/h6-8,11,14H,2-5,9-10,12H2,1H3,(H,18,19). The van der Waals surface area contributed by atoms with Gasteiger partial charge in [-0.1, -0.05) is 44.4 Å². The molecule has 114 valence electrons. The van der Waals surface area contributed by atoms with Gasteiger partial charge in [-0.15, -0.1) is 0 Å². The van der Waals surface area contributed by atoms with Crippen molar-refractivity contribution in [2.75, 3.05) is 11.9 Å². The molecular formula is C17H23NO3. The molecule has 0 saturated heterocycles. The van der Waals surface area contributed by atoms with E-state index in [1.54, 1.807) is 0 Å². The topological polar surface area (TPSA) is 55.4 Å². The van der Waals surface area contributed by atoms with Gasteiger partial charge in [-0.2, -0.15) is 0 Å². The van der Waals surface area contributed by atoms with Crippen molar-refractivity contribution in [2.45, 2.75) is 45.4 Å². The number of benzene rings is 1. The van der Waals surface area contributed by atoms with E-state index in [0.717, 1.165) is 43.4 Å². The number of hydrogen-bond donors (Lipinski definition) is 1. The Kier molecular flexibility index (Phi) is 5.78. The Bertz CT molecular complexity index is 493.